The number of ether oxygens (including phenoxy) is 1. The van der Waals surface area contributed by atoms with Gasteiger partial charge in [0, 0.05) is 12.7 Å². The molecule has 1 unspecified atom stereocenters. The number of amides is 1. The van der Waals surface area contributed by atoms with Crippen molar-refractivity contribution in [3.8, 4) is 5.75 Å². The number of rotatable bonds is 7. The first-order chi connectivity index (χ1) is 14.7. The molecule has 3 rings (SSSR count). The molecule has 9 heteroatoms. The van der Waals surface area contributed by atoms with Gasteiger partial charge in [-0.15, -0.1) is 13.2 Å². The van der Waals surface area contributed by atoms with Crippen LogP contribution in [0, 0.1) is 0 Å². The molecule has 2 aromatic carbocycles. The Balaban J connectivity index is 1.63. The Morgan fingerprint density at radius 3 is 2.35 bits per heavy atom. The van der Waals surface area contributed by atoms with Crippen molar-refractivity contribution in [1.82, 2.24) is 9.88 Å². The van der Waals surface area contributed by atoms with Crippen molar-refractivity contribution < 1.29 is 27.8 Å². The average molecular weight is 432 g/mol. The molecule has 162 valence electrons. The minimum Gasteiger partial charge on any atom is -0.406 e. The van der Waals surface area contributed by atoms with E-state index in [1.807, 2.05) is 30.3 Å². The van der Waals surface area contributed by atoms with E-state index in [9.17, 15) is 27.9 Å². The van der Waals surface area contributed by atoms with E-state index < -0.39 is 29.7 Å². The lowest BCUT2D eigenvalue weighted by molar-refractivity contribution is -0.274. The van der Waals surface area contributed by atoms with Gasteiger partial charge < -0.3 is 19.7 Å². The maximum Gasteiger partial charge on any atom is 0.573 e. The molecule has 0 saturated heterocycles. The Morgan fingerprint density at radius 1 is 1.03 bits per heavy atom. The summed E-state index contributed by atoms with van der Waals surface area (Å²) < 4.78 is 41.8. The van der Waals surface area contributed by atoms with E-state index in [0.29, 0.717) is 6.54 Å². The summed E-state index contributed by atoms with van der Waals surface area (Å²) in [6.45, 7) is 0.0705. The van der Waals surface area contributed by atoms with Gasteiger partial charge in [-0.25, -0.2) is 0 Å². The van der Waals surface area contributed by atoms with Crippen molar-refractivity contribution in [2.75, 3.05) is 6.54 Å². The van der Waals surface area contributed by atoms with E-state index in [0.717, 1.165) is 17.7 Å². The number of aromatic nitrogens is 1. The topological polar surface area (TPSA) is 80.6 Å². The Morgan fingerprint density at radius 2 is 1.71 bits per heavy atom. The molecule has 2 N–H and O–H groups in total. The minimum absolute atomic E-state index is 0.0837. The maximum absolute atomic E-state index is 12.6. The molecule has 0 spiro atoms. The summed E-state index contributed by atoms with van der Waals surface area (Å²) in [5.41, 5.74) is 0.617. The fourth-order valence-electron chi connectivity index (χ4n) is 2.91. The molecule has 1 atom stereocenters. The number of nitrogens with one attached hydrogen (secondary N) is 1. The first kappa shape index (κ1) is 22.1. The van der Waals surface area contributed by atoms with Crippen molar-refractivity contribution in [1.29, 1.82) is 0 Å². The highest BCUT2D eigenvalue weighted by Crippen LogP contribution is 2.24. The zero-order valence-corrected chi connectivity index (χ0v) is 16.2. The quantitative estimate of drug-likeness (QED) is 0.601. The van der Waals surface area contributed by atoms with Crippen LogP contribution in [0.15, 0.2) is 77.7 Å². The fourth-order valence-corrected chi connectivity index (χ4v) is 2.91. The summed E-state index contributed by atoms with van der Waals surface area (Å²) >= 11 is 0. The minimum atomic E-state index is -4.81. The molecule has 0 aliphatic rings. The smallest absolute Gasteiger partial charge is 0.406 e. The molecule has 0 aliphatic heterocycles. The Labute approximate surface area is 175 Å². The maximum atomic E-state index is 12.6. The van der Waals surface area contributed by atoms with Gasteiger partial charge in [0.1, 0.15) is 11.3 Å². The van der Waals surface area contributed by atoms with Gasteiger partial charge in [-0.1, -0.05) is 42.5 Å². The van der Waals surface area contributed by atoms with Crippen LogP contribution < -0.4 is 15.6 Å². The summed E-state index contributed by atoms with van der Waals surface area (Å²) in [5.74, 6) is -1.08. The van der Waals surface area contributed by atoms with E-state index in [2.05, 4.69) is 10.1 Å². The van der Waals surface area contributed by atoms with E-state index in [1.54, 1.807) is 12.3 Å². The predicted molar refractivity (Wildman–Crippen MR) is 107 cm³/mol. The van der Waals surface area contributed by atoms with Crippen LogP contribution in [-0.4, -0.2) is 28.5 Å². The Bertz CT molecular complexity index is 1080. The number of carbonyl (C=O) groups is 1. The lowest BCUT2D eigenvalue weighted by Crippen LogP contribution is -2.35. The van der Waals surface area contributed by atoms with Crippen molar-refractivity contribution in [2.45, 2.75) is 19.0 Å². The third-order valence-corrected chi connectivity index (χ3v) is 4.41. The number of alkyl halides is 3. The lowest BCUT2D eigenvalue weighted by Gasteiger charge is -2.14. The number of aliphatic hydroxyl groups excluding tert-OH is 1. The molecule has 0 radical (unpaired) electrons. The van der Waals surface area contributed by atoms with Crippen LogP contribution in [0.2, 0.25) is 0 Å². The molecule has 1 amide bonds. The molecular formula is C22H19F3N2O4. The van der Waals surface area contributed by atoms with Crippen molar-refractivity contribution in [3.63, 3.8) is 0 Å². The lowest BCUT2D eigenvalue weighted by atomic mass is 10.1. The first-order valence-corrected chi connectivity index (χ1v) is 9.28. The molecule has 0 aliphatic carbocycles. The zero-order valence-electron chi connectivity index (χ0n) is 16.2. The van der Waals surface area contributed by atoms with Crippen LogP contribution >= 0.6 is 0 Å². The van der Waals surface area contributed by atoms with Gasteiger partial charge in [0.25, 0.3) is 11.5 Å². The number of hydrogen-bond acceptors (Lipinski definition) is 4. The highest BCUT2D eigenvalue weighted by molar-refractivity contribution is 5.93. The monoisotopic (exact) mass is 432 g/mol. The number of hydrogen-bond donors (Lipinski definition) is 2. The number of carbonyl (C=O) groups excluding carboxylic acids is 1. The number of nitrogens with zero attached hydrogens (tertiary/aromatic N) is 1. The predicted octanol–water partition coefficient (Wildman–Crippen LogP) is 3.26. The second-order valence-electron chi connectivity index (χ2n) is 6.68. The van der Waals surface area contributed by atoms with Crippen LogP contribution in [-0.2, 0) is 6.54 Å². The number of aliphatic hydroxyl groups is 1. The SMILES string of the molecule is O=C(NCC(O)c1ccc(OC(F)(F)F)cc1)c1cccn(Cc2ccccc2)c1=O. The third kappa shape index (κ3) is 6.19. The molecule has 0 bridgehead atoms. The summed E-state index contributed by atoms with van der Waals surface area (Å²) in [6, 6.07) is 16.9. The van der Waals surface area contributed by atoms with Crippen LogP contribution in [0.25, 0.3) is 0 Å². The van der Waals surface area contributed by atoms with Gasteiger partial charge in [0.2, 0.25) is 0 Å². The molecule has 0 saturated carbocycles. The van der Waals surface area contributed by atoms with Gasteiger partial charge in [-0.3, -0.25) is 9.59 Å². The molecule has 31 heavy (non-hydrogen) atoms. The van der Waals surface area contributed by atoms with Crippen LogP contribution in [0.3, 0.4) is 0 Å². The second-order valence-corrected chi connectivity index (χ2v) is 6.68. The number of benzene rings is 2. The van der Waals surface area contributed by atoms with Crippen molar-refractivity contribution >= 4 is 5.91 Å². The largest absolute Gasteiger partial charge is 0.573 e. The van der Waals surface area contributed by atoms with Gasteiger partial charge >= 0.3 is 6.36 Å². The Hall–Kier alpha value is -3.59. The summed E-state index contributed by atoms with van der Waals surface area (Å²) in [7, 11) is 0. The molecule has 6 nitrogen and oxygen atoms in total. The Kier molecular flexibility index (Phi) is 6.76. The molecule has 3 aromatic rings. The van der Waals surface area contributed by atoms with Crippen molar-refractivity contribution in [2.24, 2.45) is 0 Å². The number of halogens is 3. The van der Waals surface area contributed by atoms with Gasteiger partial charge in [0.15, 0.2) is 0 Å². The van der Waals surface area contributed by atoms with Crippen LogP contribution in [0.4, 0.5) is 13.2 Å². The standard InChI is InChI=1S/C22H19F3N2O4/c23-22(24,25)31-17-10-8-16(9-11-17)19(28)13-26-20(29)18-7-4-12-27(21(18)30)14-15-5-2-1-3-6-15/h1-12,19,28H,13-14H2,(H,26,29). The van der Waals surface area contributed by atoms with Crippen LogP contribution in [0.1, 0.15) is 27.6 Å². The molecule has 0 fully saturated rings. The van der Waals surface area contributed by atoms with E-state index in [1.165, 1.54) is 22.8 Å². The zero-order chi connectivity index (χ0) is 22.4. The summed E-state index contributed by atoms with van der Waals surface area (Å²) in [6.07, 6.45) is -4.41. The highest BCUT2D eigenvalue weighted by atomic mass is 19.4. The average Bonchev–Trinajstić information content (AvgIpc) is 2.73. The van der Waals surface area contributed by atoms with Crippen LogP contribution in [0.5, 0.6) is 5.75 Å². The highest BCUT2D eigenvalue weighted by Gasteiger charge is 2.31. The van der Waals surface area contributed by atoms with Gasteiger partial charge in [-0.2, -0.15) is 0 Å². The number of pyridine rings is 1. The van der Waals surface area contributed by atoms with E-state index in [-0.39, 0.29) is 17.7 Å². The van der Waals surface area contributed by atoms with E-state index in [4.69, 9.17) is 0 Å². The molecule has 1 aromatic heterocycles. The van der Waals surface area contributed by atoms with Gasteiger partial charge in [-0.05, 0) is 35.4 Å². The second kappa shape index (κ2) is 9.48. The fraction of sp³-hybridized carbons (Fsp3) is 0.182. The van der Waals surface area contributed by atoms with Gasteiger partial charge in [0.05, 0.1) is 12.6 Å². The summed E-state index contributed by atoms with van der Waals surface area (Å²) in [4.78, 5) is 25.1. The van der Waals surface area contributed by atoms with Crippen molar-refractivity contribution in [3.05, 3.63) is 100.0 Å². The summed E-state index contributed by atoms with van der Waals surface area (Å²) in [5, 5.41) is 12.7. The third-order valence-electron chi connectivity index (χ3n) is 4.41. The normalized spacial score (nSPS) is 12.3. The first-order valence-electron chi connectivity index (χ1n) is 9.28. The molecular weight excluding hydrogens is 413 g/mol. The van der Waals surface area contributed by atoms with E-state index >= 15 is 0 Å². The molecule has 1 heterocycles.